The molecular formula is C15H21N3S. The first-order valence-electron chi connectivity index (χ1n) is 7.51. The molecule has 0 amide bonds. The summed E-state index contributed by atoms with van der Waals surface area (Å²) in [4.78, 5) is 5.87. The lowest BCUT2D eigenvalue weighted by Crippen LogP contribution is -2.34. The number of nitrogens with one attached hydrogen (secondary N) is 1. The van der Waals surface area contributed by atoms with Gasteiger partial charge in [-0.05, 0) is 37.1 Å². The molecule has 2 aliphatic rings. The van der Waals surface area contributed by atoms with Gasteiger partial charge in [0.25, 0.3) is 0 Å². The maximum atomic E-state index is 4.74. The molecule has 19 heavy (non-hydrogen) atoms. The Balaban J connectivity index is 1.50. The number of nitrogens with zero attached hydrogens (tertiary/aromatic N) is 2. The third-order valence-corrected chi connectivity index (χ3v) is 5.75. The molecule has 3 unspecified atom stereocenters. The topological polar surface area (TPSA) is 29.3 Å². The van der Waals surface area contributed by atoms with Crippen LogP contribution in [0.1, 0.15) is 31.9 Å². The summed E-state index contributed by atoms with van der Waals surface area (Å²) in [5, 5.41) is 5.81. The van der Waals surface area contributed by atoms with E-state index in [0.717, 1.165) is 35.7 Å². The molecule has 2 aromatic rings. The quantitative estimate of drug-likeness (QED) is 0.909. The van der Waals surface area contributed by atoms with Crippen LogP contribution in [0.25, 0.3) is 4.96 Å². The minimum Gasteiger partial charge on any atom is -0.314 e. The molecule has 0 aliphatic heterocycles. The van der Waals surface area contributed by atoms with Crippen molar-refractivity contribution >= 4 is 16.3 Å². The molecule has 0 radical (unpaired) electrons. The van der Waals surface area contributed by atoms with Crippen molar-refractivity contribution in [1.82, 2.24) is 14.7 Å². The van der Waals surface area contributed by atoms with E-state index in [2.05, 4.69) is 34.4 Å². The summed E-state index contributed by atoms with van der Waals surface area (Å²) in [6, 6.07) is 0.643. The molecule has 0 aromatic carbocycles. The van der Waals surface area contributed by atoms with Crippen molar-refractivity contribution in [1.29, 1.82) is 0 Å². The number of rotatable bonds is 5. The van der Waals surface area contributed by atoms with Crippen LogP contribution in [0, 0.1) is 17.8 Å². The fourth-order valence-corrected chi connectivity index (χ4v) is 4.90. The first kappa shape index (κ1) is 11.9. The molecule has 4 rings (SSSR count). The number of imidazole rings is 1. The Bertz CT molecular complexity index is 534. The number of thiazole rings is 1. The maximum absolute atomic E-state index is 4.74. The predicted molar refractivity (Wildman–Crippen MR) is 78.6 cm³/mol. The maximum Gasteiger partial charge on any atom is 0.193 e. The van der Waals surface area contributed by atoms with Crippen molar-refractivity contribution in [3.05, 3.63) is 23.5 Å². The van der Waals surface area contributed by atoms with Crippen molar-refractivity contribution in [2.24, 2.45) is 17.8 Å². The van der Waals surface area contributed by atoms with Crippen LogP contribution in [0.4, 0.5) is 0 Å². The smallest absolute Gasteiger partial charge is 0.193 e. The number of hydrogen-bond donors (Lipinski definition) is 1. The minimum atomic E-state index is 0.643. The summed E-state index contributed by atoms with van der Waals surface area (Å²) in [6.07, 6.45) is 9.80. The van der Waals surface area contributed by atoms with Crippen molar-refractivity contribution in [2.75, 3.05) is 6.54 Å². The van der Waals surface area contributed by atoms with Crippen molar-refractivity contribution < 1.29 is 0 Å². The molecule has 2 aromatic heterocycles. The van der Waals surface area contributed by atoms with Crippen LogP contribution in [0.3, 0.4) is 0 Å². The van der Waals surface area contributed by atoms with Crippen molar-refractivity contribution in [3.63, 3.8) is 0 Å². The van der Waals surface area contributed by atoms with E-state index in [4.69, 9.17) is 4.98 Å². The largest absolute Gasteiger partial charge is 0.314 e. The summed E-state index contributed by atoms with van der Waals surface area (Å²) in [7, 11) is 0. The minimum absolute atomic E-state index is 0.643. The van der Waals surface area contributed by atoms with E-state index < -0.39 is 0 Å². The van der Waals surface area contributed by atoms with Gasteiger partial charge in [-0.15, -0.1) is 11.3 Å². The third-order valence-electron chi connectivity index (χ3n) is 4.98. The van der Waals surface area contributed by atoms with Gasteiger partial charge in [0, 0.05) is 30.2 Å². The summed E-state index contributed by atoms with van der Waals surface area (Å²) >= 11 is 1.72. The number of likely N-dealkylation sites (N-methyl/N-ethyl adjacent to an activating group) is 1. The van der Waals surface area contributed by atoms with E-state index in [0.29, 0.717) is 6.04 Å². The SMILES string of the molecule is CCNC(Cc1cn2ccsc2n1)C1C2CCCC21. The second-order valence-electron chi connectivity index (χ2n) is 6.03. The lowest BCUT2D eigenvalue weighted by atomic mass is 10.00. The highest BCUT2D eigenvalue weighted by molar-refractivity contribution is 7.15. The Morgan fingerprint density at radius 3 is 3.05 bits per heavy atom. The Labute approximate surface area is 118 Å². The number of hydrogen-bond acceptors (Lipinski definition) is 3. The molecule has 4 heteroatoms. The van der Waals surface area contributed by atoms with E-state index in [1.807, 2.05) is 0 Å². The molecule has 3 nitrogen and oxygen atoms in total. The van der Waals surface area contributed by atoms with Crippen LogP contribution in [0.2, 0.25) is 0 Å². The van der Waals surface area contributed by atoms with E-state index in [1.54, 1.807) is 11.3 Å². The third kappa shape index (κ3) is 2.01. The van der Waals surface area contributed by atoms with Crippen LogP contribution in [0.5, 0.6) is 0 Å². The summed E-state index contributed by atoms with van der Waals surface area (Å²) in [5.41, 5.74) is 1.25. The van der Waals surface area contributed by atoms with E-state index in [-0.39, 0.29) is 0 Å². The van der Waals surface area contributed by atoms with E-state index in [9.17, 15) is 0 Å². The highest BCUT2D eigenvalue weighted by Gasteiger charge is 2.55. The zero-order valence-electron chi connectivity index (χ0n) is 11.4. The van der Waals surface area contributed by atoms with Gasteiger partial charge in [0.15, 0.2) is 4.96 Å². The van der Waals surface area contributed by atoms with Crippen LogP contribution in [-0.4, -0.2) is 22.0 Å². The molecule has 3 atom stereocenters. The highest BCUT2D eigenvalue weighted by Crippen LogP contribution is 2.59. The molecule has 2 fully saturated rings. The highest BCUT2D eigenvalue weighted by atomic mass is 32.1. The monoisotopic (exact) mass is 275 g/mol. The molecule has 102 valence electrons. The number of aromatic nitrogens is 2. The van der Waals surface area contributed by atoms with Gasteiger partial charge in [0.2, 0.25) is 0 Å². The molecule has 0 bridgehead atoms. The van der Waals surface area contributed by atoms with Gasteiger partial charge >= 0.3 is 0 Å². The normalized spacial score (nSPS) is 30.7. The lowest BCUT2D eigenvalue weighted by Gasteiger charge is -2.18. The fraction of sp³-hybridized carbons (Fsp3) is 0.667. The summed E-state index contributed by atoms with van der Waals surface area (Å²) in [5.74, 6) is 2.97. The van der Waals surface area contributed by atoms with Gasteiger partial charge in [-0.25, -0.2) is 4.98 Å². The molecule has 2 aliphatic carbocycles. The Morgan fingerprint density at radius 1 is 1.47 bits per heavy atom. The summed E-state index contributed by atoms with van der Waals surface area (Å²) < 4.78 is 2.15. The Morgan fingerprint density at radius 2 is 2.32 bits per heavy atom. The predicted octanol–water partition coefficient (Wildman–Crippen LogP) is 2.96. The van der Waals surface area contributed by atoms with Crippen molar-refractivity contribution in [3.8, 4) is 0 Å². The second kappa shape index (κ2) is 4.60. The standard InChI is InChI=1S/C15H21N3S/c1-2-16-13(14-11-4-3-5-12(11)14)8-10-9-18-6-7-19-15(18)17-10/h6-7,9,11-14,16H,2-5,8H2,1H3. The van der Waals surface area contributed by atoms with Gasteiger partial charge < -0.3 is 5.32 Å². The van der Waals surface area contributed by atoms with Crippen LogP contribution in [0.15, 0.2) is 17.8 Å². The molecule has 2 heterocycles. The van der Waals surface area contributed by atoms with Crippen LogP contribution < -0.4 is 5.32 Å². The fourth-order valence-electron chi connectivity index (χ4n) is 4.18. The van der Waals surface area contributed by atoms with Gasteiger partial charge in [0.1, 0.15) is 0 Å². The first-order valence-corrected chi connectivity index (χ1v) is 8.39. The van der Waals surface area contributed by atoms with Crippen LogP contribution >= 0.6 is 11.3 Å². The average Bonchev–Trinajstić information content (AvgIpc) is 2.84. The number of fused-ring (bicyclic) bond motifs is 2. The van der Waals surface area contributed by atoms with Gasteiger partial charge in [-0.3, -0.25) is 4.40 Å². The molecule has 0 saturated heterocycles. The summed E-state index contributed by atoms with van der Waals surface area (Å²) in [6.45, 7) is 3.29. The van der Waals surface area contributed by atoms with Crippen LogP contribution in [-0.2, 0) is 6.42 Å². The van der Waals surface area contributed by atoms with Gasteiger partial charge in [-0.1, -0.05) is 13.3 Å². The Hall–Kier alpha value is -0.870. The van der Waals surface area contributed by atoms with Crippen molar-refractivity contribution in [2.45, 2.75) is 38.6 Å². The Kier molecular flexibility index (Phi) is 2.88. The van der Waals surface area contributed by atoms with E-state index >= 15 is 0 Å². The molecule has 0 spiro atoms. The van der Waals surface area contributed by atoms with E-state index in [1.165, 1.54) is 25.0 Å². The average molecular weight is 275 g/mol. The second-order valence-corrected chi connectivity index (χ2v) is 6.90. The molecular weight excluding hydrogens is 254 g/mol. The van der Waals surface area contributed by atoms with Gasteiger partial charge in [0.05, 0.1) is 5.69 Å². The molecule has 2 saturated carbocycles. The lowest BCUT2D eigenvalue weighted by molar-refractivity contribution is 0.408. The zero-order chi connectivity index (χ0) is 12.8. The van der Waals surface area contributed by atoms with Gasteiger partial charge in [-0.2, -0.15) is 0 Å². The zero-order valence-corrected chi connectivity index (χ0v) is 12.2. The first-order chi connectivity index (χ1) is 9.36. The molecule has 1 N–H and O–H groups in total.